The molecule has 1 atom stereocenters. The first-order valence-corrected chi connectivity index (χ1v) is 7.14. The van der Waals surface area contributed by atoms with Gasteiger partial charge in [0.25, 0.3) is 0 Å². The lowest BCUT2D eigenvalue weighted by Crippen LogP contribution is -2.20. The van der Waals surface area contributed by atoms with Gasteiger partial charge in [-0.2, -0.15) is 0 Å². The van der Waals surface area contributed by atoms with Crippen molar-refractivity contribution in [2.75, 3.05) is 0 Å². The molecular weight excluding hydrogens is 256 g/mol. The van der Waals surface area contributed by atoms with Crippen LogP contribution in [0.1, 0.15) is 47.5 Å². The Balaban J connectivity index is 3.07. The first-order chi connectivity index (χ1) is 9.31. The molecule has 4 heteroatoms. The minimum absolute atomic E-state index is 0.206. The minimum Gasteiger partial charge on any atom is -0.460 e. The van der Waals surface area contributed by atoms with E-state index >= 15 is 0 Å². The van der Waals surface area contributed by atoms with Crippen molar-refractivity contribution in [1.29, 1.82) is 0 Å². The van der Waals surface area contributed by atoms with E-state index in [4.69, 9.17) is 9.47 Å². The molecule has 1 unspecified atom stereocenters. The van der Waals surface area contributed by atoms with E-state index in [9.17, 15) is 9.59 Å². The second kappa shape index (κ2) is 7.27. The van der Waals surface area contributed by atoms with Crippen molar-refractivity contribution in [1.82, 2.24) is 0 Å². The number of esters is 2. The molecular formula is C16H24O4. The molecule has 0 fully saturated rings. The molecule has 0 radical (unpaired) electrons. The maximum absolute atomic E-state index is 12.1. The third-order valence-electron chi connectivity index (χ3n) is 2.92. The summed E-state index contributed by atoms with van der Waals surface area (Å²) in [6, 6.07) is 0. The highest BCUT2D eigenvalue weighted by Gasteiger charge is 2.25. The van der Waals surface area contributed by atoms with Crippen LogP contribution in [-0.4, -0.2) is 24.1 Å². The Morgan fingerprint density at radius 3 is 2.20 bits per heavy atom. The Morgan fingerprint density at radius 2 is 1.65 bits per heavy atom. The number of hydrogen-bond donors (Lipinski definition) is 0. The van der Waals surface area contributed by atoms with Crippen LogP contribution < -0.4 is 0 Å². The summed E-state index contributed by atoms with van der Waals surface area (Å²) in [7, 11) is 0. The highest BCUT2D eigenvalue weighted by molar-refractivity contribution is 6.02. The van der Waals surface area contributed by atoms with Gasteiger partial charge in [0.05, 0.1) is 23.4 Å². The van der Waals surface area contributed by atoms with Crippen LogP contribution in [0, 0.1) is 5.92 Å². The smallest absolute Gasteiger partial charge is 0.338 e. The molecule has 4 nitrogen and oxygen atoms in total. The van der Waals surface area contributed by atoms with Gasteiger partial charge in [0.2, 0.25) is 0 Å². The second-order valence-electron chi connectivity index (χ2n) is 5.68. The van der Waals surface area contributed by atoms with Gasteiger partial charge in [0.15, 0.2) is 0 Å². The van der Waals surface area contributed by atoms with E-state index in [2.05, 4.69) is 6.92 Å². The zero-order chi connectivity index (χ0) is 15.3. The number of hydrogen-bond acceptors (Lipinski definition) is 4. The van der Waals surface area contributed by atoms with Crippen molar-refractivity contribution in [2.45, 2.75) is 59.7 Å². The molecule has 112 valence electrons. The Hall–Kier alpha value is -1.58. The Labute approximate surface area is 120 Å². The summed E-state index contributed by atoms with van der Waals surface area (Å²) in [5, 5.41) is 0. The standard InChI is InChI=1S/C16H24O4/c1-10(2)19-15(17)13-8-6-12(5)7-9-14(13)16(18)20-11(3)4/h6,8,10-12H,7,9H2,1-5H3. The van der Waals surface area contributed by atoms with Crippen LogP contribution in [0.15, 0.2) is 23.3 Å². The predicted octanol–water partition coefficient (Wildman–Crippen LogP) is 3.17. The van der Waals surface area contributed by atoms with Crippen LogP contribution in [0.4, 0.5) is 0 Å². The number of carbonyl (C=O) groups is 2. The quantitative estimate of drug-likeness (QED) is 0.742. The van der Waals surface area contributed by atoms with Crippen molar-refractivity contribution >= 4 is 11.9 Å². The van der Waals surface area contributed by atoms with Crippen LogP contribution in [0.5, 0.6) is 0 Å². The van der Waals surface area contributed by atoms with Crippen molar-refractivity contribution < 1.29 is 19.1 Å². The van der Waals surface area contributed by atoms with Crippen LogP contribution in [-0.2, 0) is 19.1 Å². The minimum atomic E-state index is -0.457. The molecule has 0 heterocycles. The van der Waals surface area contributed by atoms with E-state index in [-0.39, 0.29) is 12.2 Å². The van der Waals surface area contributed by atoms with Crippen LogP contribution >= 0.6 is 0 Å². The average molecular weight is 280 g/mol. The summed E-state index contributed by atoms with van der Waals surface area (Å²) < 4.78 is 10.4. The zero-order valence-electron chi connectivity index (χ0n) is 12.9. The lowest BCUT2D eigenvalue weighted by molar-refractivity contribution is -0.146. The fraction of sp³-hybridized carbons (Fsp3) is 0.625. The number of carbonyl (C=O) groups excluding carboxylic acids is 2. The molecule has 0 N–H and O–H groups in total. The van der Waals surface area contributed by atoms with Gasteiger partial charge >= 0.3 is 11.9 Å². The fourth-order valence-corrected chi connectivity index (χ4v) is 1.93. The molecule has 0 bridgehead atoms. The summed E-state index contributed by atoms with van der Waals surface area (Å²) in [4.78, 5) is 24.3. The first-order valence-electron chi connectivity index (χ1n) is 7.14. The zero-order valence-corrected chi connectivity index (χ0v) is 12.9. The maximum Gasteiger partial charge on any atom is 0.338 e. The van der Waals surface area contributed by atoms with Gasteiger partial charge in [-0.05, 0) is 46.5 Å². The van der Waals surface area contributed by atoms with Gasteiger partial charge in [0.1, 0.15) is 0 Å². The lowest BCUT2D eigenvalue weighted by Gasteiger charge is -2.14. The molecule has 0 aromatic rings. The monoisotopic (exact) mass is 280 g/mol. The SMILES string of the molecule is CC1C=CC(C(=O)OC(C)C)=C(C(=O)OC(C)C)CC1. The largest absolute Gasteiger partial charge is 0.460 e. The van der Waals surface area contributed by atoms with Crippen LogP contribution in [0.25, 0.3) is 0 Å². The van der Waals surface area contributed by atoms with Crippen molar-refractivity contribution in [3.05, 3.63) is 23.3 Å². The molecule has 0 aliphatic heterocycles. The van der Waals surface area contributed by atoms with Gasteiger partial charge in [-0.15, -0.1) is 0 Å². The van der Waals surface area contributed by atoms with E-state index in [1.165, 1.54) is 0 Å². The third kappa shape index (κ3) is 4.83. The van der Waals surface area contributed by atoms with Crippen LogP contribution in [0.3, 0.4) is 0 Å². The molecule has 1 aliphatic carbocycles. The van der Waals surface area contributed by atoms with Crippen molar-refractivity contribution in [3.8, 4) is 0 Å². The normalized spacial score (nSPS) is 19.2. The first kappa shape index (κ1) is 16.5. The van der Waals surface area contributed by atoms with E-state index in [1.807, 2.05) is 6.08 Å². The summed E-state index contributed by atoms with van der Waals surface area (Å²) in [6.45, 7) is 9.21. The predicted molar refractivity (Wildman–Crippen MR) is 77.0 cm³/mol. The molecule has 1 aliphatic rings. The highest BCUT2D eigenvalue weighted by atomic mass is 16.5. The number of allylic oxidation sites excluding steroid dienone is 1. The second-order valence-corrected chi connectivity index (χ2v) is 5.68. The molecule has 1 rings (SSSR count). The van der Waals surface area contributed by atoms with Gasteiger partial charge in [0, 0.05) is 0 Å². The molecule has 0 amide bonds. The molecule has 0 saturated heterocycles. The van der Waals surface area contributed by atoms with Gasteiger partial charge in [-0.3, -0.25) is 0 Å². The maximum atomic E-state index is 12.1. The topological polar surface area (TPSA) is 52.6 Å². The van der Waals surface area contributed by atoms with Gasteiger partial charge < -0.3 is 9.47 Å². The summed E-state index contributed by atoms with van der Waals surface area (Å²) in [6.07, 6.45) is 4.56. The molecule has 0 aromatic heterocycles. The summed E-state index contributed by atoms with van der Waals surface area (Å²) in [5.41, 5.74) is 0.749. The molecule has 0 aromatic carbocycles. The molecule has 0 spiro atoms. The van der Waals surface area contributed by atoms with E-state index in [0.717, 1.165) is 6.42 Å². The third-order valence-corrected chi connectivity index (χ3v) is 2.92. The van der Waals surface area contributed by atoms with Gasteiger partial charge in [-0.25, -0.2) is 9.59 Å². The van der Waals surface area contributed by atoms with E-state index < -0.39 is 11.9 Å². The van der Waals surface area contributed by atoms with Crippen molar-refractivity contribution in [2.24, 2.45) is 5.92 Å². The fourth-order valence-electron chi connectivity index (χ4n) is 1.93. The highest BCUT2D eigenvalue weighted by Crippen LogP contribution is 2.25. The summed E-state index contributed by atoms with van der Waals surface area (Å²) >= 11 is 0. The Morgan fingerprint density at radius 1 is 1.10 bits per heavy atom. The van der Waals surface area contributed by atoms with Crippen LogP contribution in [0.2, 0.25) is 0 Å². The Kier molecular flexibility index (Phi) is 5.99. The van der Waals surface area contributed by atoms with Gasteiger partial charge in [-0.1, -0.05) is 19.1 Å². The Bertz CT molecular complexity index is 430. The van der Waals surface area contributed by atoms with Crippen molar-refractivity contribution in [3.63, 3.8) is 0 Å². The van der Waals surface area contributed by atoms with E-state index in [0.29, 0.717) is 23.5 Å². The number of ether oxygens (including phenoxy) is 2. The van der Waals surface area contributed by atoms with E-state index in [1.54, 1.807) is 33.8 Å². The number of rotatable bonds is 4. The average Bonchev–Trinajstić information content (AvgIpc) is 2.49. The summed E-state index contributed by atoms with van der Waals surface area (Å²) in [5.74, 6) is -0.559. The molecule has 20 heavy (non-hydrogen) atoms. The lowest BCUT2D eigenvalue weighted by atomic mass is 10.0. The molecule has 0 saturated carbocycles.